The van der Waals surface area contributed by atoms with E-state index in [1.807, 2.05) is 65.8 Å². The summed E-state index contributed by atoms with van der Waals surface area (Å²) in [4.78, 5) is 15.5. The molecule has 3 aromatic rings. The van der Waals surface area contributed by atoms with Gasteiger partial charge in [-0.25, -0.2) is 4.57 Å². The maximum atomic E-state index is 13.6. The smallest absolute Gasteiger partial charge is 0.259 e. The lowest BCUT2D eigenvalue weighted by molar-refractivity contribution is -0.693. The number of pyridine rings is 1. The number of aryl methyl sites for hydroxylation is 2. The van der Waals surface area contributed by atoms with E-state index in [0.29, 0.717) is 12.1 Å². The number of halogens is 1. The predicted octanol–water partition coefficient (Wildman–Crippen LogP) is 7.01. The molecule has 1 aromatic heterocycles. The van der Waals surface area contributed by atoms with Crippen LogP contribution in [-0.2, 0) is 13.1 Å². The van der Waals surface area contributed by atoms with Crippen LogP contribution in [0.4, 0.5) is 5.69 Å². The molecule has 4 nitrogen and oxygen atoms in total. The molecule has 43 heavy (non-hydrogen) atoms. The van der Waals surface area contributed by atoms with Gasteiger partial charge >= 0.3 is 0 Å². The molecule has 0 saturated heterocycles. The maximum Gasteiger partial charge on any atom is 0.259 e. The van der Waals surface area contributed by atoms with Gasteiger partial charge in [-0.3, -0.25) is 4.79 Å². The molecule has 0 atom stereocenters. The lowest BCUT2D eigenvalue weighted by Crippen LogP contribution is -3.00. The number of anilines is 1. The fourth-order valence-corrected chi connectivity index (χ4v) is 5.45. The Bertz CT molecular complexity index is 1150. The van der Waals surface area contributed by atoms with E-state index in [4.69, 9.17) is 4.74 Å². The number of benzene rings is 2. The van der Waals surface area contributed by atoms with E-state index in [0.717, 1.165) is 42.1 Å². The summed E-state index contributed by atoms with van der Waals surface area (Å²) in [6, 6.07) is 20.0. The third-order valence-corrected chi connectivity index (χ3v) is 8.23. The number of carbonyl (C=O) groups is 1. The molecule has 5 heteroatoms. The van der Waals surface area contributed by atoms with Gasteiger partial charge in [0.05, 0.1) is 18.7 Å². The van der Waals surface area contributed by atoms with Crippen molar-refractivity contribution in [3.8, 4) is 5.75 Å². The lowest BCUT2D eigenvalue weighted by atomic mass is 10.0. The van der Waals surface area contributed by atoms with E-state index in [1.54, 1.807) is 0 Å². The van der Waals surface area contributed by atoms with E-state index in [-0.39, 0.29) is 29.9 Å². The van der Waals surface area contributed by atoms with Crippen molar-refractivity contribution in [1.82, 2.24) is 0 Å². The maximum absolute atomic E-state index is 13.6. The van der Waals surface area contributed by atoms with Gasteiger partial charge in [-0.15, -0.1) is 0 Å². The van der Waals surface area contributed by atoms with E-state index in [2.05, 4.69) is 37.5 Å². The molecular weight excluding hydrogens is 643 g/mol. The predicted molar refractivity (Wildman–Crippen MR) is 176 cm³/mol. The molecule has 0 fully saturated rings. The van der Waals surface area contributed by atoms with Gasteiger partial charge in [0.1, 0.15) is 12.3 Å². The highest BCUT2D eigenvalue weighted by molar-refractivity contribution is 6.05. The largest absolute Gasteiger partial charge is 1.00 e. The number of carbonyl (C=O) groups excluding carboxylic acids is 1. The van der Waals surface area contributed by atoms with Gasteiger partial charge < -0.3 is 33.6 Å². The number of hydrogen-bond acceptors (Lipinski definition) is 2. The molecule has 1 amide bonds. The standard InChI is InChI=1S/C38H55N2O2.HI/c1-4-6-7-8-9-10-11-12-13-14-15-16-17-21-30-42-37-25-24-35(33(3)31-37)32-40(36-22-19-18-20-23-36)38(41)34-26-28-39(5-2)29-27-34;/h18-20,22-29,31H,4-17,21,30,32H2,1-3H3;1H/q+1;/p-1. The fourth-order valence-electron chi connectivity index (χ4n) is 5.45. The van der Waals surface area contributed by atoms with Gasteiger partial charge in [-0.2, -0.15) is 0 Å². The van der Waals surface area contributed by atoms with E-state index < -0.39 is 0 Å². The molecule has 0 unspecified atom stereocenters. The van der Waals surface area contributed by atoms with Crippen molar-refractivity contribution < 1.29 is 38.1 Å². The van der Waals surface area contributed by atoms with Gasteiger partial charge in [0, 0.05) is 17.8 Å². The number of hydrogen-bond donors (Lipinski definition) is 0. The van der Waals surface area contributed by atoms with E-state index in [1.165, 1.54) is 83.5 Å². The number of unbranched alkanes of at least 4 members (excludes halogenated alkanes) is 13. The van der Waals surface area contributed by atoms with Crippen LogP contribution in [0.3, 0.4) is 0 Å². The third kappa shape index (κ3) is 13.8. The SMILES string of the molecule is CCCCCCCCCCCCCCCCOc1ccc(CN(C(=O)c2cc[n+](CC)cc2)c2ccccc2)c(C)c1.[I-]. The molecule has 1 heterocycles. The van der Waals surface area contributed by atoms with Crippen LogP contribution >= 0.6 is 0 Å². The molecule has 0 spiro atoms. The summed E-state index contributed by atoms with van der Waals surface area (Å²) < 4.78 is 8.15. The summed E-state index contributed by atoms with van der Waals surface area (Å²) in [5.74, 6) is 0.915. The molecule has 0 N–H and O–H groups in total. The molecule has 0 aliphatic rings. The molecular formula is C38H55IN2O2. The first kappa shape index (κ1) is 36.8. The Kier molecular flexibility index (Phi) is 18.9. The van der Waals surface area contributed by atoms with Crippen LogP contribution in [0.2, 0.25) is 0 Å². The summed E-state index contributed by atoms with van der Waals surface area (Å²) in [6.45, 7) is 8.63. The first-order valence-corrected chi connectivity index (χ1v) is 16.7. The van der Waals surface area contributed by atoms with Crippen molar-refractivity contribution in [2.75, 3.05) is 11.5 Å². The minimum Gasteiger partial charge on any atom is -1.00 e. The number of amides is 1. The number of aromatic nitrogens is 1. The topological polar surface area (TPSA) is 33.4 Å². The Morgan fingerprint density at radius 3 is 1.81 bits per heavy atom. The molecule has 0 saturated carbocycles. The highest BCUT2D eigenvalue weighted by atomic mass is 127. The van der Waals surface area contributed by atoms with Crippen molar-refractivity contribution in [2.45, 2.75) is 124 Å². The zero-order valence-electron chi connectivity index (χ0n) is 27.0. The average molecular weight is 699 g/mol. The van der Waals surface area contributed by atoms with E-state index >= 15 is 0 Å². The molecule has 0 radical (unpaired) electrons. The van der Waals surface area contributed by atoms with Crippen LogP contribution in [0.25, 0.3) is 0 Å². The van der Waals surface area contributed by atoms with Crippen molar-refractivity contribution in [3.63, 3.8) is 0 Å². The molecule has 3 rings (SSSR count). The molecule has 0 aliphatic carbocycles. The van der Waals surface area contributed by atoms with Gasteiger partial charge in [0.2, 0.25) is 0 Å². The summed E-state index contributed by atoms with van der Waals surface area (Å²) >= 11 is 0. The van der Waals surface area contributed by atoms with Crippen LogP contribution in [0.15, 0.2) is 73.1 Å². The van der Waals surface area contributed by atoms with Crippen molar-refractivity contribution in [2.24, 2.45) is 0 Å². The van der Waals surface area contributed by atoms with Crippen LogP contribution in [0.5, 0.6) is 5.75 Å². The minimum absolute atomic E-state index is 0. The Morgan fingerprint density at radius 2 is 1.28 bits per heavy atom. The fraction of sp³-hybridized carbons (Fsp3) is 0.526. The first-order valence-electron chi connectivity index (χ1n) is 16.7. The summed E-state index contributed by atoms with van der Waals surface area (Å²) in [5.41, 5.74) is 3.84. The van der Waals surface area contributed by atoms with Crippen LogP contribution in [0, 0.1) is 6.92 Å². The number of ether oxygens (including phenoxy) is 1. The van der Waals surface area contributed by atoms with Gasteiger partial charge in [-0.1, -0.05) is 115 Å². The van der Waals surface area contributed by atoms with Crippen LogP contribution < -0.4 is 38.2 Å². The van der Waals surface area contributed by atoms with Gasteiger partial charge in [0.15, 0.2) is 12.4 Å². The first-order chi connectivity index (χ1) is 20.6. The lowest BCUT2D eigenvalue weighted by Gasteiger charge is -2.24. The zero-order valence-corrected chi connectivity index (χ0v) is 29.2. The zero-order chi connectivity index (χ0) is 29.8. The highest BCUT2D eigenvalue weighted by Crippen LogP contribution is 2.24. The Morgan fingerprint density at radius 1 is 0.721 bits per heavy atom. The summed E-state index contributed by atoms with van der Waals surface area (Å²) in [7, 11) is 0. The minimum atomic E-state index is 0. The molecule has 2 aromatic carbocycles. The summed E-state index contributed by atoms with van der Waals surface area (Å²) in [5, 5.41) is 0. The molecule has 0 bridgehead atoms. The van der Waals surface area contributed by atoms with Crippen molar-refractivity contribution in [1.29, 1.82) is 0 Å². The number of para-hydroxylation sites is 1. The Hall–Kier alpha value is -2.41. The van der Waals surface area contributed by atoms with Crippen LogP contribution in [0.1, 0.15) is 125 Å². The Labute approximate surface area is 279 Å². The second-order valence-corrected chi connectivity index (χ2v) is 11.7. The normalized spacial score (nSPS) is 10.8. The third-order valence-electron chi connectivity index (χ3n) is 8.23. The monoisotopic (exact) mass is 698 g/mol. The highest BCUT2D eigenvalue weighted by Gasteiger charge is 2.20. The number of nitrogens with zero attached hydrogens (tertiary/aromatic N) is 2. The number of rotatable bonds is 21. The second-order valence-electron chi connectivity index (χ2n) is 11.7. The van der Waals surface area contributed by atoms with Crippen molar-refractivity contribution >= 4 is 11.6 Å². The van der Waals surface area contributed by atoms with Gasteiger partial charge in [0.25, 0.3) is 5.91 Å². The quantitative estimate of drug-likeness (QED) is 0.0682. The molecule has 0 aliphatic heterocycles. The van der Waals surface area contributed by atoms with Crippen molar-refractivity contribution in [3.05, 3.63) is 89.7 Å². The second kappa shape index (κ2) is 22.2. The van der Waals surface area contributed by atoms with Gasteiger partial charge in [-0.05, 0) is 55.7 Å². The average Bonchev–Trinajstić information content (AvgIpc) is 3.02. The Balaban J connectivity index is 0.00000645. The van der Waals surface area contributed by atoms with Crippen LogP contribution in [-0.4, -0.2) is 12.5 Å². The molecule has 236 valence electrons. The van der Waals surface area contributed by atoms with E-state index in [9.17, 15) is 4.79 Å². The summed E-state index contributed by atoms with van der Waals surface area (Å²) in [6.07, 6.45) is 23.0.